The van der Waals surface area contributed by atoms with Gasteiger partial charge in [-0.25, -0.2) is 4.57 Å². The smallest absolute Gasteiger partial charge is 0.470 e. The third-order valence-corrected chi connectivity index (χ3v) is 3.50. The minimum absolute atomic E-state index is 0.112. The van der Waals surface area contributed by atoms with Crippen LogP contribution in [0.25, 0.3) is 0 Å². The Labute approximate surface area is 159 Å². The number of nitrogens with one attached hydrogen (secondary N) is 2. The van der Waals surface area contributed by atoms with E-state index in [0.29, 0.717) is 19.4 Å². The van der Waals surface area contributed by atoms with Crippen molar-refractivity contribution in [3.05, 3.63) is 0 Å². The molecule has 0 aromatic carbocycles. The standard InChI is InChI=1S/C6H14N4O2.C6H13O9P/c7-4(5(11)12)2-1-3-10-6(8)9;7-1-3(9)5(10)6(11)4(2-8)15-16(12,13)14/h4H,1-3,7H2,(H,11,12)(H4,8,9,10);2-7,9-11H,1H2,(H2,12,13,14)/t;3-,4+,5-,6-/m.1/s1. The molecule has 13 N–H and O–H groups in total. The van der Waals surface area contributed by atoms with Crippen LogP contribution >= 0.6 is 7.82 Å². The summed E-state index contributed by atoms with van der Waals surface area (Å²) in [6.45, 7) is -0.421. The Morgan fingerprint density at radius 3 is 2.14 bits per heavy atom. The topological polar surface area (TPSA) is 290 Å². The molecule has 0 bridgehead atoms. The lowest BCUT2D eigenvalue weighted by atomic mass is 10.0. The molecule has 166 valence electrons. The summed E-state index contributed by atoms with van der Waals surface area (Å²) in [6, 6.07) is -0.821. The summed E-state index contributed by atoms with van der Waals surface area (Å²) in [5.74, 6) is -1.11. The van der Waals surface area contributed by atoms with Crippen molar-refractivity contribution in [3.8, 4) is 0 Å². The van der Waals surface area contributed by atoms with E-state index in [1.54, 1.807) is 0 Å². The highest BCUT2D eigenvalue weighted by Gasteiger charge is 2.35. The number of hydrogen-bond donors (Lipinski definition) is 11. The quantitative estimate of drug-likeness (QED) is 0.0453. The highest BCUT2D eigenvalue weighted by Crippen LogP contribution is 2.38. The van der Waals surface area contributed by atoms with E-state index in [1.807, 2.05) is 0 Å². The number of phosphoric ester groups is 1. The van der Waals surface area contributed by atoms with Crippen molar-refractivity contribution in [1.29, 1.82) is 5.41 Å². The van der Waals surface area contributed by atoms with Gasteiger partial charge >= 0.3 is 13.8 Å². The maximum atomic E-state index is 10.4. The first-order chi connectivity index (χ1) is 12.8. The molecule has 0 amide bonds. The van der Waals surface area contributed by atoms with Gasteiger partial charge in [-0.2, -0.15) is 0 Å². The summed E-state index contributed by atoms with van der Waals surface area (Å²) in [5, 5.41) is 53.4. The van der Waals surface area contributed by atoms with Crippen molar-refractivity contribution < 1.29 is 54.0 Å². The summed E-state index contributed by atoms with van der Waals surface area (Å²) in [4.78, 5) is 37.3. The highest BCUT2D eigenvalue weighted by atomic mass is 31.2. The van der Waals surface area contributed by atoms with Gasteiger partial charge in [-0.1, -0.05) is 0 Å². The van der Waals surface area contributed by atoms with Crippen molar-refractivity contribution in [2.75, 3.05) is 13.2 Å². The van der Waals surface area contributed by atoms with Crippen molar-refractivity contribution >= 4 is 26.0 Å². The van der Waals surface area contributed by atoms with Crippen molar-refractivity contribution in [1.82, 2.24) is 5.32 Å². The summed E-state index contributed by atoms with van der Waals surface area (Å²) in [7, 11) is -5.02. The molecular formula is C12H27N4O11P. The molecule has 0 aliphatic rings. The van der Waals surface area contributed by atoms with Gasteiger partial charge in [-0.3, -0.25) is 14.7 Å². The van der Waals surface area contributed by atoms with E-state index in [9.17, 15) is 19.3 Å². The molecule has 0 aliphatic carbocycles. The summed E-state index contributed by atoms with van der Waals surface area (Å²) >= 11 is 0. The van der Waals surface area contributed by atoms with Crippen LogP contribution in [-0.2, 0) is 18.7 Å². The van der Waals surface area contributed by atoms with Crippen LogP contribution in [0.2, 0.25) is 0 Å². The maximum Gasteiger partial charge on any atom is 0.470 e. The minimum Gasteiger partial charge on any atom is -0.480 e. The average Bonchev–Trinajstić information content (AvgIpc) is 2.60. The highest BCUT2D eigenvalue weighted by molar-refractivity contribution is 7.46. The normalized spacial score (nSPS) is 16.5. The number of aliphatic hydroxyl groups is 4. The fourth-order valence-electron chi connectivity index (χ4n) is 1.52. The second-order valence-electron chi connectivity index (χ2n) is 5.36. The number of carboxylic acids is 1. The lowest BCUT2D eigenvalue weighted by Crippen LogP contribution is -2.47. The number of phosphoric acid groups is 1. The molecule has 0 spiro atoms. The lowest BCUT2D eigenvalue weighted by Gasteiger charge is -2.25. The number of aldehydes is 1. The van der Waals surface area contributed by atoms with Gasteiger partial charge in [-0.15, -0.1) is 0 Å². The molecule has 1 unspecified atom stereocenters. The molecule has 0 rings (SSSR count). The number of aliphatic carboxylic acids is 1. The average molecular weight is 434 g/mol. The van der Waals surface area contributed by atoms with Gasteiger partial charge in [-0.05, 0) is 12.8 Å². The summed E-state index contributed by atoms with van der Waals surface area (Å²) < 4.78 is 14.2. The Bertz CT molecular complexity index is 532. The number of nitrogens with two attached hydrogens (primary N) is 2. The summed E-state index contributed by atoms with van der Waals surface area (Å²) in [5.41, 5.74) is 10.2. The van der Waals surface area contributed by atoms with E-state index in [2.05, 4.69) is 9.84 Å². The van der Waals surface area contributed by atoms with Crippen LogP contribution in [-0.4, -0.2) is 97.1 Å². The van der Waals surface area contributed by atoms with Gasteiger partial charge < -0.3 is 56.9 Å². The minimum atomic E-state index is -5.02. The van der Waals surface area contributed by atoms with Crippen LogP contribution < -0.4 is 16.8 Å². The molecule has 5 atom stereocenters. The zero-order chi connectivity index (χ0) is 22.5. The van der Waals surface area contributed by atoms with Crippen molar-refractivity contribution in [3.63, 3.8) is 0 Å². The van der Waals surface area contributed by atoms with Crippen LogP contribution in [0.4, 0.5) is 0 Å². The van der Waals surface area contributed by atoms with E-state index in [1.165, 1.54) is 0 Å². The molecule has 0 saturated heterocycles. The first-order valence-corrected chi connectivity index (χ1v) is 9.20. The third-order valence-electron chi connectivity index (χ3n) is 2.99. The molecule has 0 aromatic rings. The van der Waals surface area contributed by atoms with Gasteiger partial charge in [0.15, 0.2) is 18.3 Å². The second kappa shape index (κ2) is 14.3. The number of carbonyl (C=O) groups excluding carboxylic acids is 1. The Kier molecular flexibility index (Phi) is 14.6. The third kappa shape index (κ3) is 14.4. The molecule has 0 aromatic heterocycles. The van der Waals surface area contributed by atoms with E-state index in [-0.39, 0.29) is 12.2 Å². The second-order valence-corrected chi connectivity index (χ2v) is 6.55. The lowest BCUT2D eigenvalue weighted by molar-refractivity contribution is -0.138. The first-order valence-electron chi connectivity index (χ1n) is 7.67. The largest absolute Gasteiger partial charge is 0.480 e. The molecule has 16 heteroatoms. The predicted octanol–water partition coefficient (Wildman–Crippen LogP) is -4.60. The molecule has 0 aliphatic heterocycles. The number of carboxylic acid groups (broad SMARTS) is 1. The van der Waals surface area contributed by atoms with Crippen LogP contribution in [0, 0.1) is 5.41 Å². The van der Waals surface area contributed by atoms with E-state index < -0.39 is 50.9 Å². The van der Waals surface area contributed by atoms with Crippen LogP contribution in [0.1, 0.15) is 12.8 Å². The Morgan fingerprint density at radius 2 is 1.79 bits per heavy atom. The van der Waals surface area contributed by atoms with Gasteiger partial charge in [0.05, 0.1) is 6.61 Å². The zero-order valence-electron chi connectivity index (χ0n) is 14.7. The van der Waals surface area contributed by atoms with E-state index in [4.69, 9.17) is 47.1 Å². The van der Waals surface area contributed by atoms with Crippen molar-refractivity contribution in [2.24, 2.45) is 11.5 Å². The predicted molar refractivity (Wildman–Crippen MR) is 92.8 cm³/mol. The Balaban J connectivity index is 0. The maximum absolute atomic E-state index is 10.4. The number of hydrogen-bond acceptors (Lipinski definition) is 10. The van der Waals surface area contributed by atoms with Gasteiger partial charge in [0.25, 0.3) is 0 Å². The number of guanidine groups is 1. The van der Waals surface area contributed by atoms with Crippen LogP contribution in [0.15, 0.2) is 0 Å². The molecule has 15 nitrogen and oxygen atoms in total. The molecule has 0 radical (unpaired) electrons. The van der Waals surface area contributed by atoms with Gasteiger partial charge in [0, 0.05) is 6.54 Å². The summed E-state index contributed by atoms with van der Waals surface area (Å²) in [6.07, 6.45) is -7.01. The monoisotopic (exact) mass is 434 g/mol. The van der Waals surface area contributed by atoms with Gasteiger partial charge in [0.2, 0.25) is 0 Å². The fourth-order valence-corrected chi connectivity index (χ4v) is 2.02. The van der Waals surface area contributed by atoms with Gasteiger partial charge in [0.1, 0.15) is 24.4 Å². The first kappa shape index (κ1) is 28.5. The van der Waals surface area contributed by atoms with E-state index >= 15 is 0 Å². The SMILES string of the molecule is N=C(N)NCCCC(N)C(=O)O.O=C[C@H](OP(=O)(O)O)[C@@H](O)[C@H](O)[C@H](O)CO. The number of carbonyl (C=O) groups is 2. The molecule has 0 saturated carbocycles. The van der Waals surface area contributed by atoms with Crippen LogP contribution in [0.5, 0.6) is 0 Å². The van der Waals surface area contributed by atoms with Crippen LogP contribution in [0.3, 0.4) is 0 Å². The zero-order valence-corrected chi connectivity index (χ0v) is 15.6. The molecule has 0 heterocycles. The molecule has 0 fully saturated rings. The number of aliphatic hydroxyl groups excluding tert-OH is 4. The Morgan fingerprint density at radius 1 is 1.25 bits per heavy atom. The molecular weight excluding hydrogens is 407 g/mol. The number of rotatable bonds is 12. The molecule has 28 heavy (non-hydrogen) atoms. The Hall–Kier alpha value is -1.68. The fraction of sp³-hybridized carbons (Fsp3) is 0.750. The van der Waals surface area contributed by atoms with Crippen molar-refractivity contribution in [2.45, 2.75) is 43.3 Å². The van der Waals surface area contributed by atoms with E-state index in [0.717, 1.165) is 0 Å².